The highest BCUT2D eigenvalue weighted by Crippen LogP contribution is 2.16. The van der Waals surface area contributed by atoms with E-state index < -0.39 is 0 Å². The third-order valence-corrected chi connectivity index (χ3v) is 4.47. The summed E-state index contributed by atoms with van der Waals surface area (Å²) in [7, 11) is 0. The van der Waals surface area contributed by atoms with Crippen molar-refractivity contribution in [2.45, 2.75) is 47.0 Å². The standard InChI is InChI=1S/C17H25N7O2/c1-12(2)17(26)22-4-5-24-15(9-22)6-14(21-24)7-19-16(25)13(3)8-23-11-18-10-20-23/h6,10-13H,4-5,7-9H2,1-3H3,(H,19,25). The minimum absolute atomic E-state index is 0.00490. The van der Waals surface area contributed by atoms with Crippen LogP contribution >= 0.6 is 0 Å². The third-order valence-electron chi connectivity index (χ3n) is 4.47. The molecule has 0 bridgehead atoms. The molecule has 1 aliphatic rings. The molecule has 3 rings (SSSR count). The van der Waals surface area contributed by atoms with Gasteiger partial charge in [0.15, 0.2) is 0 Å². The largest absolute Gasteiger partial charge is 0.350 e. The number of rotatable bonds is 6. The number of amides is 2. The summed E-state index contributed by atoms with van der Waals surface area (Å²) in [4.78, 5) is 30.1. The zero-order valence-corrected chi connectivity index (χ0v) is 15.4. The maximum atomic E-state index is 12.2. The first-order valence-electron chi connectivity index (χ1n) is 8.88. The Labute approximate surface area is 152 Å². The van der Waals surface area contributed by atoms with Crippen LogP contribution < -0.4 is 5.32 Å². The summed E-state index contributed by atoms with van der Waals surface area (Å²) in [6, 6.07) is 1.96. The van der Waals surface area contributed by atoms with Crippen molar-refractivity contribution in [3.63, 3.8) is 0 Å². The van der Waals surface area contributed by atoms with E-state index >= 15 is 0 Å². The molecule has 1 unspecified atom stereocenters. The summed E-state index contributed by atoms with van der Waals surface area (Å²) >= 11 is 0. The van der Waals surface area contributed by atoms with Gasteiger partial charge in [-0.2, -0.15) is 10.2 Å². The van der Waals surface area contributed by atoms with E-state index in [9.17, 15) is 9.59 Å². The average Bonchev–Trinajstić information content (AvgIpc) is 3.27. The van der Waals surface area contributed by atoms with Gasteiger partial charge in [-0.1, -0.05) is 20.8 Å². The Balaban J connectivity index is 1.54. The van der Waals surface area contributed by atoms with Crippen LogP contribution in [0, 0.1) is 11.8 Å². The molecule has 140 valence electrons. The van der Waals surface area contributed by atoms with Gasteiger partial charge in [0.1, 0.15) is 12.7 Å². The number of nitrogens with one attached hydrogen (secondary N) is 1. The molecule has 0 spiro atoms. The average molecular weight is 359 g/mol. The molecule has 0 radical (unpaired) electrons. The first-order valence-corrected chi connectivity index (χ1v) is 8.88. The minimum Gasteiger partial charge on any atom is -0.350 e. The van der Waals surface area contributed by atoms with E-state index in [4.69, 9.17) is 0 Å². The van der Waals surface area contributed by atoms with Gasteiger partial charge in [0.2, 0.25) is 11.8 Å². The summed E-state index contributed by atoms with van der Waals surface area (Å²) < 4.78 is 3.56. The zero-order valence-electron chi connectivity index (χ0n) is 15.4. The molecule has 2 aromatic heterocycles. The van der Waals surface area contributed by atoms with Crippen molar-refractivity contribution < 1.29 is 9.59 Å². The lowest BCUT2D eigenvalue weighted by Gasteiger charge is -2.29. The van der Waals surface area contributed by atoms with Gasteiger partial charge in [-0.15, -0.1) is 0 Å². The molecule has 3 heterocycles. The van der Waals surface area contributed by atoms with Crippen molar-refractivity contribution in [1.82, 2.24) is 34.8 Å². The third kappa shape index (κ3) is 4.09. The van der Waals surface area contributed by atoms with Gasteiger partial charge in [0, 0.05) is 12.5 Å². The molecule has 9 heteroatoms. The minimum atomic E-state index is -0.215. The van der Waals surface area contributed by atoms with Crippen molar-refractivity contribution >= 4 is 11.8 Å². The number of nitrogens with zero attached hydrogens (tertiary/aromatic N) is 6. The summed E-state index contributed by atoms with van der Waals surface area (Å²) in [6.45, 7) is 8.46. The molecule has 1 atom stereocenters. The van der Waals surface area contributed by atoms with Crippen molar-refractivity contribution in [2.24, 2.45) is 11.8 Å². The number of hydrogen-bond donors (Lipinski definition) is 1. The number of carbonyl (C=O) groups is 2. The van der Waals surface area contributed by atoms with E-state index in [1.54, 1.807) is 11.0 Å². The van der Waals surface area contributed by atoms with E-state index in [-0.39, 0.29) is 23.7 Å². The van der Waals surface area contributed by atoms with Crippen molar-refractivity contribution in [1.29, 1.82) is 0 Å². The maximum absolute atomic E-state index is 12.2. The van der Waals surface area contributed by atoms with Gasteiger partial charge in [0.05, 0.1) is 43.5 Å². The maximum Gasteiger partial charge on any atom is 0.225 e. The SMILES string of the molecule is CC(C)C(=O)N1CCn2nc(CNC(=O)C(C)Cn3cncn3)cc2C1. The van der Waals surface area contributed by atoms with Gasteiger partial charge in [-0.25, -0.2) is 4.98 Å². The lowest BCUT2D eigenvalue weighted by atomic mass is 10.1. The molecule has 2 amide bonds. The monoisotopic (exact) mass is 359 g/mol. The molecule has 2 aromatic rings. The highest BCUT2D eigenvalue weighted by molar-refractivity contribution is 5.78. The molecular weight excluding hydrogens is 334 g/mol. The highest BCUT2D eigenvalue weighted by atomic mass is 16.2. The fraction of sp³-hybridized carbons (Fsp3) is 0.588. The van der Waals surface area contributed by atoms with Crippen LogP contribution in [0.25, 0.3) is 0 Å². The summed E-state index contributed by atoms with van der Waals surface area (Å²) in [5.41, 5.74) is 1.81. The molecule has 0 fully saturated rings. The van der Waals surface area contributed by atoms with E-state index in [2.05, 4.69) is 20.5 Å². The Morgan fingerprint density at radius 2 is 2.08 bits per heavy atom. The van der Waals surface area contributed by atoms with Crippen molar-refractivity contribution in [3.8, 4) is 0 Å². The fourth-order valence-corrected chi connectivity index (χ4v) is 3.01. The van der Waals surface area contributed by atoms with Crippen LogP contribution in [-0.2, 0) is 35.8 Å². The first kappa shape index (κ1) is 18.1. The number of hydrogen-bond acceptors (Lipinski definition) is 5. The predicted molar refractivity (Wildman–Crippen MR) is 93.5 cm³/mol. The van der Waals surface area contributed by atoms with Crippen molar-refractivity contribution in [2.75, 3.05) is 6.54 Å². The second-order valence-electron chi connectivity index (χ2n) is 7.00. The smallest absolute Gasteiger partial charge is 0.225 e. The summed E-state index contributed by atoms with van der Waals surface area (Å²) in [5, 5.41) is 11.5. The van der Waals surface area contributed by atoms with E-state index in [1.165, 1.54) is 6.33 Å². The lowest BCUT2D eigenvalue weighted by Crippen LogP contribution is -2.40. The number of carbonyl (C=O) groups excluding carboxylic acids is 2. The van der Waals surface area contributed by atoms with Crippen LogP contribution in [0.15, 0.2) is 18.7 Å². The van der Waals surface area contributed by atoms with Gasteiger partial charge in [-0.05, 0) is 6.07 Å². The van der Waals surface area contributed by atoms with Gasteiger partial charge in [-0.3, -0.25) is 19.0 Å². The molecule has 0 aromatic carbocycles. The quantitative estimate of drug-likeness (QED) is 0.806. The Bertz CT molecular complexity index is 766. The molecule has 9 nitrogen and oxygen atoms in total. The van der Waals surface area contributed by atoms with E-state index in [0.717, 1.165) is 11.4 Å². The summed E-state index contributed by atoms with van der Waals surface area (Å²) in [6.07, 6.45) is 3.05. The predicted octanol–water partition coefficient (Wildman–Crippen LogP) is 0.425. The number of fused-ring (bicyclic) bond motifs is 1. The van der Waals surface area contributed by atoms with Crippen LogP contribution in [0.1, 0.15) is 32.2 Å². The van der Waals surface area contributed by atoms with Crippen LogP contribution in [0.2, 0.25) is 0 Å². The molecule has 0 saturated heterocycles. The van der Waals surface area contributed by atoms with Crippen LogP contribution in [0.3, 0.4) is 0 Å². The van der Waals surface area contributed by atoms with Crippen molar-refractivity contribution in [3.05, 3.63) is 30.1 Å². The topological polar surface area (TPSA) is 97.9 Å². The Morgan fingerprint density at radius 1 is 1.27 bits per heavy atom. The molecule has 1 N–H and O–H groups in total. The molecular formula is C17H25N7O2. The molecule has 1 aliphatic heterocycles. The summed E-state index contributed by atoms with van der Waals surface area (Å²) in [5.74, 6) is -0.111. The molecule has 0 aliphatic carbocycles. The molecule has 0 saturated carbocycles. The van der Waals surface area contributed by atoms with Crippen LogP contribution in [0.4, 0.5) is 0 Å². The fourth-order valence-electron chi connectivity index (χ4n) is 3.01. The first-order chi connectivity index (χ1) is 12.4. The second kappa shape index (κ2) is 7.67. The Hall–Kier alpha value is -2.71. The van der Waals surface area contributed by atoms with Crippen LogP contribution in [-0.4, -0.2) is 47.8 Å². The zero-order chi connectivity index (χ0) is 18.7. The van der Waals surface area contributed by atoms with E-state index in [0.29, 0.717) is 32.7 Å². The van der Waals surface area contributed by atoms with Crippen LogP contribution in [0.5, 0.6) is 0 Å². The highest BCUT2D eigenvalue weighted by Gasteiger charge is 2.24. The Kier molecular flexibility index (Phi) is 5.34. The van der Waals surface area contributed by atoms with E-state index in [1.807, 2.05) is 36.4 Å². The second-order valence-corrected chi connectivity index (χ2v) is 7.00. The van der Waals surface area contributed by atoms with Gasteiger partial charge >= 0.3 is 0 Å². The van der Waals surface area contributed by atoms with Gasteiger partial charge in [0.25, 0.3) is 0 Å². The molecule has 26 heavy (non-hydrogen) atoms. The Morgan fingerprint density at radius 3 is 2.77 bits per heavy atom. The lowest BCUT2D eigenvalue weighted by molar-refractivity contribution is -0.136. The normalized spacial score (nSPS) is 15.0. The number of aromatic nitrogens is 5. The van der Waals surface area contributed by atoms with Gasteiger partial charge < -0.3 is 10.2 Å².